The maximum atomic E-state index is 12.2. The van der Waals surface area contributed by atoms with Crippen molar-refractivity contribution in [1.29, 1.82) is 0 Å². The molecule has 0 radical (unpaired) electrons. The minimum absolute atomic E-state index is 0.112. The summed E-state index contributed by atoms with van der Waals surface area (Å²) in [4.78, 5) is 18.3. The number of amides is 1. The summed E-state index contributed by atoms with van der Waals surface area (Å²) >= 11 is 9.29. The molecular weight excluding hydrogens is 300 g/mol. The second-order valence-corrected chi connectivity index (χ2v) is 6.79. The largest absolute Gasteiger partial charge is 0.306 e. The van der Waals surface area contributed by atoms with E-state index in [9.17, 15) is 4.79 Å². The number of aromatic nitrogens is 1. The van der Waals surface area contributed by atoms with E-state index in [-0.39, 0.29) is 5.91 Å². The smallest absolute Gasteiger partial charge is 0.266 e. The standard InChI is InChI=1S/C13H11ClN2OS2/c14-11-2-1-3-12(15-11)16-13(17)10-6-8-7-18-5-4-9(8)19-10/h1-3,6H,4-5,7H2,(H,15,16,17). The van der Waals surface area contributed by atoms with E-state index in [1.807, 2.05) is 17.8 Å². The molecule has 6 heteroatoms. The molecule has 0 aromatic carbocycles. The highest BCUT2D eigenvalue weighted by Gasteiger charge is 2.17. The number of nitrogens with zero attached hydrogens (tertiary/aromatic N) is 1. The number of rotatable bonds is 2. The fourth-order valence-electron chi connectivity index (χ4n) is 1.91. The van der Waals surface area contributed by atoms with Gasteiger partial charge in [-0.2, -0.15) is 11.8 Å². The SMILES string of the molecule is O=C(Nc1cccc(Cl)n1)c1cc2c(s1)CCSC2. The van der Waals surface area contributed by atoms with Crippen LogP contribution in [0.4, 0.5) is 5.82 Å². The van der Waals surface area contributed by atoms with Gasteiger partial charge in [0.1, 0.15) is 11.0 Å². The minimum atomic E-state index is -0.112. The van der Waals surface area contributed by atoms with Crippen molar-refractivity contribution in [3.63, 3.8) is 0 Å². The van der Waals surface area contributed by atoms with Crippen molar-refractivity contribution in [2.45, 2.75) is 12.2 Å². The molecule has 3 heterocycles. The predicted octanol–water partition coefficient (Wildman–Crippen LogP) is 3.84. The Balaban J connectivity index is 1.78. The molecule has 19 heavy (non-hydrogen) atoms. The highest BCUT2D eigenvalue weighted by molar-refractivity contribution is 7.98. The van der Waals surface area contributed by atoms with Crippen LogP contribution in [-0.4, -0.2) is 16.6 Å². The van der Waals surface area contributed by atoms with Crippen molar-refractivity contribution in [3.8, 4) is 0 Å². The van der Waals surface area contributed by atoms with Crippen LogP contribution in [0, 0.1) is 0 Å². The van der Waals surface area contributed by atoms with Crippen LogP contribution in [-0.2, 0) is 12.2 Å². The second-order valence-electron chi connectivity index (χ2n) is 4.16. The monoisotopic (exact) mass is 310 g/mol. The van der Waals surface area contributed by atoms with Gasteiger partial charge in [0, 0.05) is 10.6 Å². The van der Waals surface area contributed by atoms with Gasteiger partial charge >= 0.3 is 0 Å². The molecule has 1 N–H and O–H groups in total. The Bertz CT molecular complexity index is 603. The van der Waals surface area contributed by atoms with Gasteiger partial charge < -0.3 is 5.32 Å². The minimum Gasteiger partial charge on any atom is -0.306 e. The lowest BCUT2D eigenvalue weighted by Gasteiger charge is -2.08. The van der Waals surface area contributed by atoms with E-state index in [1.165, 1.54) is 10.4 Å². The van der Waals surface area contributed by atoms with Gasteiger partial charge in [-0.1, -0.05) is 17.7 Å². The highest BCUT2D eigenvalue weighted by atomic mass is 35.5. The van der Waals surface area contributed by atoms with Crippen LogP contribution in [0.3, 0.4) is 0 Å². The Kier molecular flexibility index (Phi) is 3.77. The number of hydrogen-bond donors (Lipinski definition) is 1. The predicted molar refractivity (Wildman–Crippen MR) is 81.4 cm³/mol. The van der Waals surface area contributed by atoms with Crippen LogP contribution in [0.25, 0.3) is 0 Å². The van der Waals surface area contributed by atoms with Crippen LogP contribution in [0.1, 0.15) is 20.1 Å². The first-order valence-electron chi connectivity index (χ1n) is 5.85. The third kappa shape index (κ3) is 2.94. The first kappa shape index (κ1) is 13.0. The first-order valence-corrected chi connectivity index (χ1v) is 8.20. The van der Waals surface area contributed by atoms with E-state index in [4.69, 9.17) is 11.6 Å². The van der Waals surface area contributed by atoms with Crippen LogP contribution in [0.15, 0.2) is 24.3 Å². The number of thioether (sulfide) groups is 1. The van der Waals surface area contributed by atoms with Crippen molar-refractivity contribution in [2.24, 2.45) is 0 Å². The van der Waals surface area contributed by atoms with Gasteiger partial charge in [-0.3, -0.25) is 4.79 Å². The van der Waals surface area contributed by atoms with Gasteiger partial charge in [0.2, 0.25) is 0 Å². The zero-order valence-corrected chi connectivity index (χ0v) is 12.4. The first-order chi connectivity index (χ1) is 9.22. The van der Waals surface area contributed by atoms with E-state index >= 15 is 0 Å². The topological polar surface area (TPSA) is 42.0 Å². The second kappa shape index (κ2) is 5.53. The molecule has 3 nitrogen and oxygen atoms in total. The summed E-state index contributed by atoms with van der Waals surface area (Å²) in [7, 11) is 0. The zero-order chi connectivity index (χ0) is 13.2. The van der Waals surface area contributed by atoms with Gasteiger partial charge in [0.15, 0.2) is 0 Å². The number of thiophene rings is 1. The lowest BCUT2D eigenvalue weighted by molar-refractivity contribution is 0.103. The van der Waals surface area contributed by atoms with Crippen molar-refractivity contribution < 1.29 is 4.79 Å². The van der Waals surface area contributed by atoms with E-state index in [2.05, 4.69) is 10.3 Å². The number of halogens is 1. The molecule has 0 unspecified atom stereocenters. The summed E-state index contributed by atoms with van der Waals surface area (Å²) in [6.45, 7) is 0. The number of pyridine rings is 1. The molecule has 98 valence electrons. The van der Waals surface area contributed by atoms with Gasteiger partial charge in [-0.15, -0.1) is 11.3 Å². The lowest BCUT2D eigenvalue weighted by Crippen LogP contribution is -2.11. The molecule has 0 atom stereocenters. The van der Waals surface area contributed by atoms with Gasteiger partial charge in [-0.25, -0.2) is 4.98 Å². The van der Waals surface area contributed by atoms with E-state index in [0.717, 1.165) is 22.8 Å². The average Bonchev–Trinajstić information content (AvgIpc) is 2.82. The third-order valence-electron chi connectivity index (χ3n) is 2.81. The van der Waals surface area contributed by atoms with Gasteiger partial charge in [-0.05, 0) is 35.9 Å². The number of anilines is 1. The molecule has 0 aliphatic carbocycles. The number of carbonyl (C=O) groups excluding carboxylic acids is 1. The molecule has 0 spiro atoms. The number of fused-ring (bicyclic) bond motifs is 1. The van der Waals surface area contributed by atoms with Crippen LogP contribution >= 0.6 is 34.7 Å². The normalized spacial score (nSPS) is 13.9. The third-order valence-corrected chi connectivity index (χ3v) is 5.26. The highest BCUT2D eigenvalue weighted by Crippen LogP contribution is 2.32. The molecule has 0 saturated heterocycles. The van der Waals surface area contributed by atoms with Crippen LogP contribution < -0.4 is 5.32 Å². The molecule has 1 aliphatic rings. The number of aryl methyl sites for hydroxylation is 1. The molecule has 0 fully saturated rings. The molecule has 2 aromatic rings. The van der Waals surface area contributed by atoms with E-state index in [1.54, 1.807) is 29.5 Å². The summed E-state index contributed by atoms with van der Waals surface area (Å²) in [5, 5.41) is 3.15. The maximum Gasteiger partial charge on any atom is 0.266 e. The molecular formula is C13H11ClN2OS2. The van der Waals surface area contributed by atoms with Crippen molar-refractivity contribution in [3.05, 3.63) is 44.7 Å². The Morgan fingerprint density at radius 3 is 3.11 bits per heavy atom. The zero-order valence-electron chi connectivity index (χ0n) is 9.98. The fraction of sp³-hybridized carbons (Fsp3) is 0.231. The van der Waals surface area contributed by atoms with Crippen molar-refractivity contribution in [2.75, 3.05) is 11.1 Å². The summed E-state index contributed by atoms with van der Waals surface area (Å²) in [6, 6.07) is 7.17. The van der Waals surface area contributed by atoms with Crippen LogP contribution in [0.5, 0.6) is 0 Å². The molecule has 2 aromatic heterocycles. The van der Waals surface area contributed by atoms with E-state index in [0.29, 0.717) is 11.0 Å². The molecule has 3 rings (SSSR count). The maximum absolute atomic E-state index is 12.2. The Morgan fingerprint density at radius 1 is 1.42 bits per heavy atom. The Labute approximate surface area is 124 Å². The fourth-order valence-corrected chi connectivity index (χ4v) is 4.35. The molecule has 1 amide bonds. The van der Waals surface area contributed by atoms with Crippen LogP contribution in [0.2, 0.25) is 5.15 Å². The molecule has 0 bridgehead atoms. The Hall–Kier alpha value is -1.04. The summed E-state index contributed by atoms with van der Waals surface area (Å²) < 4.78 is 0. The van der Waals surface area contributed by atoms with Crippen molar-refractivity contribution in [1.82, 2.24) is 4.98 Å². The summed E-state index contributed by atoms with van der Waals surface area (Å²) in [6.07, 6.45) is 1.06. The van der Waals surface area contributed by atoms with Crippen molar-refractivity contribution >= 4 is 46.4 Å². The van der Waals surface area contributed by atoms with Gasteiger partial charge in [0.25, 0.3) is 5.91 Å². The quantitative estimate of drug-likeness (QED) is 0.857. The Morgan fingerprint density at radius 2 is 2.32 bits per heavy atom. The van der Waals surface area contributed by atoms with Gasteiger partial charge in [0.05, 0.1) is 4.88 Å². The summed E-state index contributed by atoms with van der Waals surface area (Å²) in [5.41, 5.74) is 1.30. The summed E-state index contributed by atoms with van der Waals surface area (Å²) in [5.74, 6) is 2.52. The lowest BCUT2D eigenvalue weighted by atomic mass is 10.2. The molecule has 0 saturated carbocycles. The number of hydrogen-bond acceptors (Lipinski definition) is 4. The van der Waals surface area contributed by atoms with E-state index < -0.39 is 0 Å². The average molecular weight is 311 g/mol. The molecule has 1 aliphatic heterocycles. The number of carbonyl (C=O) groups is 1. The number of nitrogens with one attached hydrogen (secondary N) is 1.